The molecule has 0 aliphatic heterocycles. The fourth-order valence-corrected chi connectivity index (χ4v) is 3.93. The average molecular weight is 432 g/mol. The van der Waals surface area contributed by atoms with Gasteiger partial charge in [-0.2, -0.15) is 0 Å². The third-order valence-corrected chi connectivity index (χ3v) is 5.79. The summed E-state index contributed by atoms with van der Waals surface area (Å²) in [5.74, 6) is -2.14. The number of rotatable bonds is 4. The van der Waals surface area contributed by atoms with E-state index in [0.29, 0.717) is 0 Å². The van der Waals surface area contributed by atoms with E-state index in [-0.39, 0.29) is 46.9 Å². The van der Waals surface area contributed by atoms with E-state index in [2.05, 4.69) is 5.32 Å². The number of nitrogens with one attached hydrogen (secondary N) is 1. The molecule has 3 rings (SSSR count). The molecule has 0 radical (unpaired) electrons. The van der Waals surface area contributed by atoms with Crippen molar-refractivity contribution in [3.05, 3.63) is 69.2 Å². The Labute approximate surface area is 170 Å². The molecular formula is C20H18Cl2F3NO2. The molecule has 2 aromatic carbocycles. The molecule has 0 bridgehead atoms. The van der Waals surface area contributed by atoms with Gasteiger partial charge in [0.2, 0.25) is 0 Å². The molecule has 1 fully saturated rings. The summed E-state index contributed by atoms with van der Waals surface area (Å²) in [6.07, 6.45) is -0.782. The number of alkyl halides is 1. The minimum absolute atomic E-state index is 0.0162. The molecule has 1 amide bonds. The lowest BCUT2D eigenvalue weighted by atomic mass is 9.76. The van der Waals surface area contributed by atoms with Gasteiger partial charge in [-0.3, -0.25) is 4.79 Å². The molecule has 2 N–H and O–H groups in total. The largest absolute Gasteiger partial charge is 0.387 e. The van der Waals surface area contributed by atoms with Gasteiger partial charge in [0.25, 0.3) is 5.91 Å². The Morgan fingerprint density at radius 1 is 1.18 bits per heavy atom. The van der Waals surface area contributed by atoms with Crippen molar-refractivity contribution < 1.29 is 23.1 Å². The highest BCUT2D eigenvalue weighted by Gasteiger charge is 2.43. The van der Waals surface area contributed by atoms with Crippen LogP contribution in [0.15, 0.2) is 36.4 Å². The Morgan fingerprint density at radius 3 is 2.54 bits per heavy atom. The monoisotopic (exact) mass is 431 g/mol. The van der Waals surface area contributed by atoms with Gasteiger partial charge in [0.1, 0.15) is 17.8 Å². The van der Waals surface area contributed by atoms with E-state index >= 15 is 0 Å². The number of aliphatic hydroxyl groups is 1. The predicted octanol–water partition coefficient (Wildman–Crippen LogP) is 5.39. The first-order chi connectivity index (χ1) is 13.2. The average Bonchev–Trinajstić information content (AvgIpc) is 2.66. The summed E-state index contributed by atoms with van der Waals surface area (Å²) in [6, 6.07) is 6.20. The normalized spacial score (nSPS) is 23.3. The van der Waals surface area contributed by atoms with Crippen LogP contribution in [0.4, 0.5) is 13.2 Å². The zero-order chi connectivity index (χ0) is 20.5. The molecule has 150 valence electrons. The van der Waals surface area contributed by atoms with Gasteiger partial charge in [0, 0.05) is 0 Å². The number of carbonyl (C=O) groups is 1. The molecule has 1 unspecified atom stereocenters. The van der Waals surface area contributed by atoms with Gasteiger partial charge in [-0.1, -0.05) is 35.3 Å². The standard InChI is InChI=1S/C20H18Cl2F3NO2/c21-15-5-4-12(24)10-14(15)19(27)26-18(13-2-1-3-16(25)17(13)22)20(28)8-6-11(23)7-9-20/h1-5,10-11,18,28H,6-9H2,(H,26,27)/t11-,18?,20-. The third-order valence-electron chi connectivity index (χ3n) is 5.06. The minimum atomic E-state index is -1.55. The molecule has 1 aliphatic carbocycles. The van der Waals surface area contributed by atoms with Crippen molar-refractivity contribution in [3.8, 4) is 0 Å². The highest BCUT2D eigenvalue weighted by Crippen LogP contribution is 2.42. The molecule has 1 atom stereocenters. The Kier molecular flexibility index (Phi) is 6.22. The van der Waals surface area contributed by atoms with E-state index in [4.69, 9.17) is 23.2 Å². The zero-order valence-corrected chi connectivity index (χ0v) is 16.2. The van der Waals surface area contributed by atoms with Crippen molar-refractivity contribution in [2.45, 2.75) is 43.5 Å². The summed E-state index contributed by atoms with van der Waals surface area (Å²) in [6.45, 7) is 0. The summed E-state index contributed by atoms with van der Waals surface area (Å²) >= 11 is 12.1. The van der Waals surface area contributed by atoms with Crippen molar-refractivity contribution in [1.82, 2.24) is 5.32 Å². The number of amides is 1. The van der Waals surface area contributed by atoms with Crippen LogP contribution in [-0.4, -0.2) is 22.8 Å². The number of halogens is 5. The van der Waals surface area contributed by atoms with Crippen molar-refractivity contribution in [1.29, 1.82) is 0 Å². The van der Waals surface area contributed by atoms with Crippen LogP contribution < -0.4 is 5.32 Å². The second kappa shape index (κ2) is 8.31. The maximum atomic E-state index is 14.0. The van der Waals surface area contributed by atoms with Crippen molar-refractivity contribution in [2.24, 2.45) is 0 Å². The van der Waals surface area contributed by atoms with Crippen LogP contribution in [0, 0.1) is 11.6 Å². The molecule has 3 nitrogen and oxygen atoms in total. The smallest absolute Gasteiger partial charge is 0.253 e. The highest BCUT2D eigenvalue weighted by molar-refractivity contribution is 6.34. The lowest BCUT2D eigenvalue weighted by Gasteiger charge is -2.41. The minimum Gasteiger partial charge on any atom is -0.387 e. The molecule has 0 spiro atoms. The van der Waals surface area contributed by atoms with Gasteiger partial charge in [-0.15, -0.1) is 0 Å². The third kappa shape index (κ3) is 4.29. The van der Waals surface area contributed by atoms with Crippen LogP contribution in [-0.2, 0) is 0 Å². The second-order valence-electron chi connectivity index (χ2n) is 6.95. The Balaban J connectivity index is 2.00. The first-order valence-corrected chi connectivity index (χ1v) is 9.53. The molecular weight excluding hydrogens is 414 g/mol. The second-order valence-corrected chi connectivity index (χ2v) is 7.74. The van der Waals surface area contributed by atoms with Crippen LogP contribution in [0.5, 0.6) is 0 Å². The Hall–Kier alpha value is -1.76. The predicted molar refractivity (Wildman–Crippen MR) is 101 cm³/mol. The number of hydrogen-bond acceptors (Lipinski definition) is 2. The summed E-state index contributed by atoms with van der Waals surface area (Å²) in [5.41, 5.74) is -1.53. The molecule has 0 saturated heterocycles. The Morgan fingerprint density at radius 2 is 1.86 bits per heavy atom. The molecule has 1 saturated carbocycles. The summed E-state index contributed by atoms with van der Waals surface area (Å²) in [7, 11) is 0. The molecule has 2 aromatic rings. The summed E-state index contributed by atoms with van der Waals surface area (Å²) in [5, 5.41) is 13.5. The van der Waals surface area contributed by atoms with E-state index in [1.807, 2.05) is 0 Å². The summed E-state index contributed by atoms with van der Waals surface area (Å²) in [4.78, 5) is 12.8. The van der Waals surface area contributed by atoms with Crippen LogP contribution in [0.2, 0.25) is 10.0 Å². The fourth-order valence-electron chi connectivity index (χ4n) is 3.50. The molecule has 0 heterocycles. The lowest BCUT2D eigenvalue weighted by Crippen LogP contribution is -2.48. The zero-order valence-electron chi connectivity index (χ0n) is 14.7. The first-order valence-electron chi connectivity index (χ1n) is 8.77. The van der Waals surface area contributed by atoms with Crippen molar-refractivity contribution in [2.75, 3.05) is 0 Å². The van der Waals surface area contributed by atoms with Gasteiger partial charge in [-0.05, 0) is 55.5 Å². The van der Waals surface area contributed by atoms with E-state index in [0.717, 1.165) is 18.2 Å². The van der Waals surface area contributed by atoms with E-state index in [1.54, 1.807) is 0 Å². The van der Waals surface area contributed by atoms with Crippen molar-refractivity contribution >= 4 is 29.1 Å². The van der Waals surface area contributed by atoms with Crippen LogP contribution in [0.3, 0.4) is 0 Å². The van der Waals surface area contributed by atoms with Gasteiger partial charge >= 0.3 is 0 Å². The highest BCUT2D eigenvalue weighted by atomic mass is 35.5. The SMILES string of the molecule is O=C(NC(c1cccc(F)c1Cl)[C@]1(O)CC[C@H](F)CC1)c1cc(F)ccc1Cl. The van der Waals surface area contributed by atoms with Gasteiger partial charge in [0.15, 0.2) is 0 Å². The molecule has 1 aliphatic rings. The topological polar surface area (TPSA) is 49.3 Å². The lowest BCUT2D eigenvalue weighted by molar-refractivity contribution is -0.0445. The van der Waals surface area contributed by atoms with E-state index < -0.39 is 35.4 Å². The van der Waals surface area contributed by atoms with Gasteiger partial charge < -0.3 is 10.4 Å². The van der Waals surface area contributed by atoms with E-state index in [1.165, 1.54) is 18.2 Å². The maximum absolute atomic E-state index is 14.0. The van der Waals surface area contributed by atoms with E-state index in [9.17, 15) is 23.1 Å². The van der Waals surface area contributed by atoms with Crippen LogP contribution in [0.1, 0.15) is 47.6 Å². The number of carbonyl (C=O) groups excluding carboxylic acids is 1. The molecule has 0 aromatic heterocycles. The van der Waals surface area contributed by atoms with Crippen molar-refractivity contribution in [3.63, 3.8) is 0 Å². The fraction of sp³-hybridized carbons (Fsp3) is 0.350. The first kappa shape index (κ1) is 21.0. The molecule has 8 heteroatoms. The van der Waals surface area contributed by atoms with Gasteiger partial charge in [-0.25, -0.2) is 13.2 Å². The van der Waals surface area contributed by atoms with Crippen LogP contribution in [0.25, 0.3) is 0 Å². The number of benzene rings is 2. The summed E-state index contributed by atoms with van der Waals surface area (Å²) < 4.78 is 41.2. The maximum Gasteiger partial charge on any atom is 0.253 e. The molecule has 28 heavy (non-hydrogen) atoms. The van der Waals surface area contributed by atoms with Gasteiger partial charge in [0.05, 0.1) is 27.3 Å². The van der Waals surface area contributed by atoms with Crippen LogP contribution >= 0.6 is 23.2 Å². The quantitative estimate of drug-likeness (QED) is 0.681. The number of hydrogen-bond donors (Lipinski definition) is 2. The Bertz CT molecular complexity index is 886.